The molecular formula is C26H31NO. The average molecular weight is 374 g/mol. The lowest BCUT2D eigenvalue weighted by Gasteiger charge is -2.26. The van der Waals surface area contributed by atoms with Crippen molar-refractivity contribution in [1.29, 1.82) is 5.26 Å². The second kappa shape index (κ2) is 9.51. The molecule has 2 aromatic carbocycles. The molecule has 28 heavy (non-hydrogen) atoms. The minimum absolute atomic E-state index is 0.108. The van der Waals surface area contributed by atoms with Gasteiger partial charge in [-0.1, -0.05) is 48.7 Å². The molecule has 0 spiro atoms. The van der Waals surface area contributed by atoms with Gasteiger partial charge >= 0.3 is 0 Å². The Morgan fingerprint density at radius 2 is 1.75 bits per heavy atom. The van der Waals surface area contributed by atoms with Crippen molar-refractivity contribution >= 4 is 5.78 Å². The second-order valence-electron chi connectivity index (χ2n) is 7.89. The number of allylic oxidation sites excluding steroid dienone is 2. The molecule has 0 saturated heterocycles. The van der Waals surface area contributed by atoms with E-state index in [0.29, 0.717) is 5.56 Å². The Morgan fingerprint density at radius 1 is 1.04 bits per heavy atom. The topological polar surface area (TPSA) is 40.9 Å². The van der Waals surface area contributed by atoms with Crippen LogP contribution in [0, 0.1) is 25.2 Å². The van der Waals surface area contributed by atoms with E-state index in [1.165, 1.54) is 16.7 Å². The standard InChI is InChI=1S/C26H31NO/c1-7-8-9-22-12-10-18(4)14-24(22)26(25(17(2)3)20(6)28)23-13-11-21(16-27)15-19(23)5/h10-15,26H,7-9H2,1-6H3. The molecular weight excluding hydrogens is 342 g/mol. The Morgan fingerprint density at radius 3 is 2.29 bits per heavy atom. The molecule has 0 heterocycles. The Kier molecular flexibility index (Phi) is 7.35. The van der Waals surface area contributed by atoms with Crippen LogP contribution in [0.5, 0.6) is 0 Å². The molecule has 2 nitrogen and oxygen atoms in total. The van der Waals surface area contributed by atoms with Gasteiger partial charge in [0.15, 0.2) is 5.78 Å². The Hall–Kier alpha value is -2.66. The molecule has 146 valence electrons. The quantitative estimate of drug-likeness (QED) is 0.515. The summed E-state index contributed by atoms with van der Waals surface area (Å²) in [5.74, 6) is -0.00120. The highest BCUT2D eigenvalue weighted by atomic mass is 16.1. The van der Waals surface area contributed by atoms with E-state index in [4.69, 9.17) is 0 Å². The number of aryl methyl sites for hydroxylation is 3. The van der Waals surface area contributed by atoms with Gasteiger partial charge in [0.1, 0.15) is 0 Å². The van der Waals surface area contributed by atoms with Gasteiger partial charge in [0.05, 0.1) is 11.6 Å². The summed E-state index contributed by atoms with van der Waals surface area (Å²) in [6.45, 7) is 12.0. The smallest absolute Gasteiger partial charge is 0.156 e. The molecule has 0 aliphatic carbocycles. The number of unbranched alkanes of at least 4 members (excludes halogenated alkanes) is 1. The van der Waals surface area contributed by atoms with Crippen molar-refractivity contribution in [3.8, 4) is 6.07 Å². The van der Waals surface area contributed by atoms with Crippen LogP contribution in [0.3, 0.4) is 0 Å². The number of benzene rings is 2. The summed E-state index contributed by atoms with van der Waals surface area (Å²) >= 11 is 0. The predicted molar refractivity (Wildman–Crippen MR) is 117 cm³/mol. The van der Waals surface area contributed by atoms with Gasteiger partial charge in [-0.2, -0.15) is 5.26 Å². The first-order chi connectivity index (χ1) is 13.3. The molecule has 0 fully saturated rings. The van der Waals surface area contributed by atoms with Crippen LogP contribution in [0.15, 0.2) is 47.5 Å². The number of carbonyl (C=O) groups excluding carboxylic acids is 1. The van der Waals surface area contributed by atoms with Crippen molar-refractivity contribution in [2.45, 2.75) is 66.7 Å². The van der Waals surface area contributed by atoms with Gasteiger partial charge in [0.25, 0.3) is 0 Å². The van der Waals surface area contributed by atoms with Crippen molar-refractivity contribution in [3.05, 3.63) is 80.9 Å². The number of nitriles is 1. The predicted octanol–water partition coefficient (Wildman–Crippen LogP) is 6.58. The number of rotatable bonds is 7. The first kappa shape index (κ1) is 21.6. The number of ketones is 1. The first-order valence-corrected chi connectivity index (χ1v) is 10.1. The van der Waals surface area contributed by atoms with Gasteiger partial charge in [-0.15, -0.1) is 0 Å². The number of carbonyl (C=O) groups is 1. The van der Waals surface area contributed by atoms with E-state index >= 15 is 0 Å². The van der Waals surface area contributed by atoms with E-state index in [1.54, 1.807) is 6.92 Å². The van der Waals surface area contributed by atoms with Gasteiger partial charge in [0.2, 0.25) is 0 Å². The molecule has 1 unspecified atom stereocenters. The van der Waals surface area contributed by atoms with E-state index in [9.17, 15) is 10.1 Å². The average Bonchev–Trinajstić information content (AvgIpc) is 2.64. The van der Waals surface area contributed by atoms with E-state index in [0.717, 1.165) is 41.5 Å². The lowest BCUT2D eigenvalue weighted by molar-refractivity contribution is -0.113. The van der Waals surface area contributed by atoms with Gasteiger partial charge in [-0.05, 0) is 81.8 Å². The molecule has 0 aliphatic rings. The highest BCUT2D eigenvalue weighted by molar-refractivity contribution is 5.96. The molecule has 2 aromatic rings. The highest BCUT2D eigenvalue weighted by Gasteiger charge is 2.27. The third-order valence-corrected chi connectivity index (χ3v) is 5.33. The summed E-state index contributed by atoms with van der Waals surface area (Å²) in [7, 11) is 0. The van der Waals surface area contributed by atoms with E-state index in [2.05, 4.69) is 38.1 Å². The fourth-order valence-corrected chi connectivity index (χ4v) is 3.97. The summed E-state index contributed by atoms with van der Waals surface area (Å²) in [5, 5.41) is 9.26. The Labute approximate surface area is 169 Å². The van der Waals surface area contributed by atoms with Crippen LogP contribution < -0.4 is 0 Å². The maximum absolute atomic E-state index is 12.7. The normalized spacial score (nSPS) is 11.6. The van der Waals surface area contributed by atoms with Gasteiger partial charge in [-0.25, -0.2) is 0 Å². The van der Waals surface area contributed by atoms with Crippen LogP contribution in [0.4, 0.5) is 0 Å². The minimum Gasteiger partial charge on any atom is -0.295 e. The SMILES string of the molecule is CCCCc1ccc(C)cc1C(C(C(C)=O)=C(C)C)c1ccc(C#N)cc1C. The molecule has 0 amide bonds. The van der Waals surface area contributed by atoms with Crippen molar-refractivity contribution in [2.24, 2.45) is 0 Å². The number of nitrogens with zero attached hydrogens (tertiary/aromatic N) is 1. The lowest BCUT2D eigenvalue weighted by Crippen LogP contribution is -2.16. The van der Waals surface area contributed by atoms with Gasteiger partial charge < -0.3 is 0 Å². The van der Waals surface area contributed by atoms with Gasteiger partial charge in [-0.3, -0.25) is 4.79 Å². The maximum atomic E-state index is 12.7. The van der Waals surface area contributed by atoms with Crippen LogP contribution in [0.25, 0.3) is 0 Å². The molecule has 2 heteroatoms. The zero-order valence-electron chi connectivity index (χ0n) is 18.0. The zero-order valence-corrected chi connectivity index (χ0v) is 18.0. The number of Topliss-reactive ketones (excluding diaryl/α,β-unsaturated/α-hetero) is 1. The van der Waals surface area contributed by atoms with Crippen molar-refractivity contribution in [3.63, 3.8) is 0 Å². The number of hydrogen-bond acceptors (Lipinski definition) is 2. The molecule has 2 rings (SSSR count). The van der Waals surface area contributed by atoms with Crippen molar-refractivity contribution in [2.75, 3.05) is 0 Å². The minimum atomic E-state index is -0.109. The molecule has 0 N–H and O–H groups in total. The van der Waals surface area contributed by atoms with Crippen LogP contribution >= 0.6 is 0 Å². The maximum Gasteiger partial charge on any atom is 0.156 e. The van der Waals surface area contributed by atoms with Crippen LogP contribution in [0.1, 0.15) is 79.8 Å². The summed E-state index contributed by atoms with van der Waals surface area (Å²) < 4.78 is 0. The molecule has 0 bridgehead atoms. The third kappa shape index (κ3) is 4.78. The Balaban J connectivity index is 2.81. The van der Waals surface area contributed by atoms with Crippen LogP contribution in [-0.2, 0) is 11.2 Å². The zero-order chi connectivity index (χ0) is 20.8. The van der Waals surface area contributed by atoms with Crippen molar-refractivity contribution in [1.82, 2.24) is 0 Å². The van der Waals surface area contributed by atoms with E-state index < -0.39 is 0 Å². The van der Waals surface area contributed by atoms with Crippen molar-refractivity contribution < 1.29 is 4.79 Å². The van der Waals surface area contributed by atoms with E-state index in [-0.39, 0.29) is 11.7 Å². The summed E-state index contributed by atoms with van der Waals surface area (Å²) in [5.41, 5.74) is 8.43. The van der Waals surface area contributed by atoms with Gasteiger partial charge in [0, 0.05) is 11.5 Å². The fourth-order valence-electron chi connectivity index (χ4n) is 3.97. The van der Waals surface area contributed by atoms with Crippen LogP contribution in [-0.4, -0.2) is 5.78 Å². The summed E-state index contributed by atoms with van der Waals surface area (Å²) in [6, 6.07) is 14.6. The third-order valence-electron chi connectivity index (χ3n) is 5.33. The molecule has 0 aromatic heterocycles. The number of hydrogen-bond donors (Lipinski definition) is 0. The second-order valence-corrected chi connectivity index (χ2v) is 7.89. The highest BCUT2D eigenvalue weighted by Crippen LogP contribution is 2.38. The summed E-state index contributed by atoms with van der Waals surface area (Å²) in [6.07, 6.45) is 3.27. The Bertz CT molecular complexity index is 939. The summed E-state index contributed by atoms with van der Waals surface area (Å²) in [4.78, 5) is 12.7. The molecule has 0 radical (unpaired) electrons. The molecule has 0 aliphatic heterocycles. The van der Waals surface area contributed by atoms with E-state index in [1.807, 2.05) is 39.0 Å². The van der Waals surface area contributed by atoms with Crippen LogP contribution in [0.2, 0.25) is 0 Å². The monoisotopic (exact) mass is 373 g/mol. The fraction of sp³-hybridized carbons (Fsp3) is 0.385. The largest absolute Gasteiger partial charge is 0.295 e. The molecule has 1 atom stereocenters. The first-order valence-electron chi connectivity index (χ1n) is 10.1. The lowest BCUT2D eigenvalue weighted by atomic mass is 9.76. The molecule has 0 saturated carbocycles.